The highest BCUT2D eigenvalue weighted by molar-refractivity contribution is 6.26. The number of rotatable bonds is 6. The fourth-order valence-electron chi connectivity index (χ4n) is 3.89. The number of aliphatic hydroxyl groups is 2. The fraction of sp³-hybridized carbons (Fsp3) is 0.524. The molecule has 0 saturated heterocycles. The molecule has 0 spiro atoms. The van der Waals surface area contributed by atoms with Crippen LogP contribution in [0.15, 0.2) is 11.8 Å². The van der Waals surface area contributed by atoms with E-state index in [9.17, 15) is 30.0 Å². The van der Waals surface area contributed by atoms with Crippen molar-refractivity contribution in [3.05, 3.63) is 34.0 Å². The van der Waals surface area contributed by atoms with E-state index >= 15 is 0 Å². The largest absolute Gasteiger partial charge is 0.507 e. The first-order valence-electron chi connectivity index (χ1n) is 9.73. The Labute approximate surface area is 163 Å². The summed E-state index contributed by atoms with van der Waals surface area (Å²) in [6.45, 7) is 4.05. The first kappa shape index (κ1) is 20.4. The van der Waals surface area contributed by atoms with Crippen molar-refractivity contribution >= 4 is 11.6 Å². The Morgan fingerprint density at radius 1 is 1.11 bits per heavy atom. The lowest BCUT2D eigenvalue weighted by Gasteiger charge is -2.36. The lowest BCUT2D eigenvalue weighted by molar-refractivity contribution is -0.0668. The zero-order valence-corrected chi connectivity index (χ0v) is 16.2. The van der Waals surface area contributed by atoms with Gasteiger partial charge in [0.25, 0.3) is 0 Å². The third kappa shape index (κ3) is 3.40. The van der Waals surface area contributed by atoms with Crippen molar-refractivity contribution in [2.45, 2.75) is 64.1 Å². The Kier molecular flexibility index (Phi) is 5.50. The average molecular weight is 389 g/mol. The first-order chi connectivity index (χ1) is 13.2. The molecule has 3 rings (SSSR count). The number of phenols is 2. The number of hydrogen-bond acceptors (Lipinski definition) is 7. The molecule has 0 unspecified atom stereocenters. The highest BCUT2D eigenvalue weighted by Gasteiger charge is 2.42. The van der Waals surface area contributed by atoms with Gasteiger partial charge in [-0.3, -0.25) is 9.59 Å². The predicted octanol–water partition coefficient (Wildman–Crippen LogP) is 1.74. The Balaban J connectivity index is 1.96. The Morgan fingerprint density at radius 2 is 1.79 bits per heavy atom. The van der Waals surface area contributed by atoms with E-state index in [-0.39, 0.29) is 40.8 Å². The second-order valence-electron chi connectivity index (χ2n) is 7.90. The van der Waals surface area contributed by atoms with Gasteiger partial charge in [0.1, 0.15) is 11.5 Å². The third-order valence-electron chi connectivity index (χ3n) is 5.65. The van der Waals surface area contributed by atoms with Gasteiger partial charge in [-0.25, -0.2) is 0 Å². The van der Waals surface area contributed by atoms with Crippen LogP contribution in [0.2, 0.25) is 0 Å². The fourth-order valence-corrected chi connectivity index (χ4v) is 3.89. The topological polar surface area (TPSA) is 127 Å². The number of carbonyl (C=O) groups is 2. The summed E-state index contributed by atoms with van der Waals surface area (Å²) < 4.78 is 0. The molecular formula is C21H27NO6. The number of allylic oxidation sites excluding steroid dienone is 2. The van der Waals surface area contributed by atoms with Crippen molar-refractivity contribution in [1.82, 2.24) is 5.32 Å². The van der Waals surface area contributed by atoms with Crippen molar-refractivity contribution in [2.75, 3.05) is 6.54 Å². The molecule has 7 nitrogen and oxygen atoms in total. The molecule has 152 valence electrons. The minimum absolute atomic E-state index is 0.0891. The van der Waals surface area contributed by atoms with Crippen molar-refractivity contribution in [3.8, 4) is 11.5 Å². The molecule has 0 aromatic heterocycles. The summed E-state index contributed by atoms with van der Waals surface area (Å²) in [6.07, 6.45) is 3.75. The molecule has 5 N–H and O–H groups in total. The Morgan fingerprint density at radius 3 is 2.46 bits per heavy atom. The maximum atomic E-state index is 12.9. The monoisotopic (exact) mass is 389 g/mol. The van der Waals surface area contributed by atoms with Gasteiger partial charge in [0, 0.05) is 36.6 Å². The highest BCUT2D eigenvalue weighted by Crippen LogP contribution is 2.45. The van der Waals surface area contributed by atoms with E-state index in [4.69, 9.17) is 0 Å². The van der Waals surface area contributed by atoms with Crippen LogP contribution >= 0.6 is 0 Å². The molecule has 0 saturated carbocycles. The number of hydrogen-bond donors (Lipinski definition) is 5. The Bertz CT molecular complexity index is 855. The molecule has 7 heteroatoms. The molecule has 0 amide bonds. The number of benzene rings is 1. The lowest BCUT2D eigenvalue weighted by Crippen LogP contribution is -2.46. The molecule has 28 heavy (non-hydrogen) atoms. The van der Waals surface area contributed by atoms with Gasteiger partial charge in [0.05, 0.1) is 28.5 Å². The summed E-state index contributed by atoms with van der Waals surface area (Å²) in [4.78, 5) is 25.5. The number of ketones is 2. The third-order valence-corrected chi connectivity index (χ3v) is 5.65. The summed E-state index contributed by atoms with van der Waals surface area (Å²) in [5.74, 6) is -1.96. The number of phenolic OH excluding ortho intramolecular Hbond substituents is 2. The minimum atomic E-state index is -1.51. The van der Waals surface area contributed by atoms with E-state index < -0.39 is 34.8 Å². The van der Waals surface area contributed by atoms with Crippen LogP contribution in [0.25, 0.3) is 0 Å². The number of aliphatic hydroxyl groups excluding tert-OH is 1. The highest BCUT2D eigenvalue weighted by atomic mass is 16.3. The van der Waals surface area contributed by atoms with E-state index in [0.717, 1.165) is 31.8 Å². The van der Waals surface area contributed by atoms with Crippen LogP contribution in [0.4, 0.5) is 0 Å². The second kappa shape index (κ2) is 7.56. The van der Waals surface area contributed by atoms with Crippen LogP contribution in [0.1, 0.15) is 71.4 Å². The SMILES string of the molecule is CCCCCCNC1=CC(=O)c2c(O)c3c(c(O)c2C1=O)C[C@](C)(O)[C@H](O)C3. The van der Waals surface area contributed by atoms with Crippen LogP contribution in [0, 0.1) is 0 Å². The van der Waals surface area contributed by atoms with E-state index in [2.05, 4.69) is 12.2 Å². The van der Waals surface area contributed by atoms with E-state index in [1.54, 1.807) is 0 Å². The van der Waals surface area contributed by atoms with Crippen LogP contribution in [-0.2, 0) is 12.8 Å². The maximum absolute atomic E-state index is 12.9. The van der Waals surface area contributed by atoms with E-state index in [1.165, 1.54) is 6.92 Å². The van der Waals surface area contributed by atoms with E-state index in [0.29, 0.717) is 6.54 Å². The molecule has 2 aliphatic rings. The van der Waals surface area contributed by atoms with E-state index in [1.807, 2.05) is 0 Å². The standard InChI is InChI=1S/C21H27NO6/c1-3-4-5-6-7-22-13-9-14(23)16-17(20(13)27)19(26)12-10-21(2,28)15(24)8-11(12)18(16)25/h9,15,22,24-26,28H,3-8,10H2,1-2H3/t15-,21+/m1/s1. The molecule has 0 heterocycles. The number of fused-ring (bicyclic) bond motifs is 2. The summed E-state index contributed by atoms with van der Waals surface area (Å²) in [7, 11) is 0. The molecular weight excluding hydrogens is 362 g/mol. The molecule has 0 bridgehead atoms. The van der Waals surface area contributed by atoms with Crippen LogP contribution in [0.3, 0.4) is 0 Å². The lowest BCUT2D eigenvalue weighted by atomic mass is 9.75. The van der Waals surface area contributed by atoms with Crippen LogP contribution < -0.4 is 5.32 Å². The van der Waals surface area contributed by atoms with Crippen LogP contribution in [-0.4, -0.2) is 50.2 Å². The predicted molar refractivity (Wildman–Crippen MR) is 103 cm³/mol. The quantitative estimate of drug-likeness (QED) is 0.370. The van der Waals surface area contributed by atoms with Crippen molar-refractivity contribution in [3.63, 3.8) is 0 Å². The number of carbonyl (C=O) groups excluding carboxylic acids is 2. The molecule has 2 aliphatic carbocycles. The van der Waals surface area contributed by atoms with Crippen molar-refractivity contribution < 1.29 is 30.0 Å². The smallest absolute Gasteiger partial charge is 0.213 e. The number of unbranched alkanes of at least 4 members (excludes halogenated alkanes) is 3. The van der Waals surface area contributed by atoms with Crippen LogP contribution in [0.5, 0.6) is 11.5 Å². The van der Waals surface area contributed by atoms with Gasteiger partial charge in [-0.1, -0.05) is 26.2 Å². The van der Waals surface area contributed by atoms with Gasteiger partial charge < -0.3 is 25.7 Å². The van der Waals surface area contributed by atoms with Gasteiger partial charge in [0.15, 0.2) is 5.78 Å². The zero-order chi connectivity index (χ0) is 20.6. The summed E-state index contributed by atoms with van der Waals surface area (Å²) >= 11 is 0. The number of nitrogens with one attached hydrogen (secondary N) is 1. The molecule has 0 aliphatic heterocycles. The zero-order valence-electron chi connectivity index (χ0n) is 16.2. The van der Waals surface area contributed by atoms with Crippen molar-refractivity contribution in [2.24, 2.45) is 0 Å². The number of Topliss-reactive ketones (excluding diaryl/α,β-unsaturated/α-hetero) is 1. The van der Waals surface area contributed by atoms with Gasteiger partial charge >= 0.3 is 0 Å². The molecule has 0 radical (unpaired) electrons. The molecule has 0 fully saturated rings. The molecule has 1 aromatic rings. The minimum Gasteiger partial charge on any atom is -0.507 e. The Hall–Kier alpha value is -2.38. The average Bonchev–Trinajstić information content (AvgIpc) is 2.63. The summed E-state index contributed by atoms with van der Waals surface area (Å²) in [5.41, 5.74) is -1.52. The van der Waals surface area contributed by atoms with Gasteiger partial charge in [0.2, 0.25) is 5.78 Å². The van der Waals surface area contributed by atoms with Crippen molar-refractivity contribution in [1.29, 1.82) is 0 Å². The summed E-state index contributed by atoms with van der Waals surface area (Å²) in [5, 5.41) is 44.8. The molecule has 1 aromatic carbocycles. The number of aromatic hydroxyl groups is 2. The second-order valence-corrected chi connectivity index (χ2v) is 7.90. The van der Waals surface area contributed by atoms with Gasteiger partial charge in [-0.05, 0) is 13.3 Å². The van der Waals surface area contributed by atoms with Gasteiger partial charge in [-0.15, -0.1) is 0 Å². The van der Waals surface area contributed by atoms with Gasteiger partial charge in [-0.2, -0.15) is 0 Å². The summed E-state index contributed by atoms with van der Waals surface area (Å²) in [6, 6.07) is 0. The normalized spacial score (nSPS) is 23.9. The first-order valence-corrected chi connectivity index (χ1v) is 9.73. The maximum Gasteiger partial charge on any atom is 0.213 e. The molecule has 2 atom stereocenters.